The fourth-order valence-electron chi connectivity index (χ4n) is 3.11. The molecule has 0 aromatic carbocycles. The molecule has 1 saturated carbocycles. The van der Waals surface area contributed by atoms with Crippen molar-refractivity contribution in [2.45, 2.75) is 36.6 Å². The van der Waals surface area contributed by atoms with Crippen LogP contribution in [0.1, 0.15) is 35.9 Å². The van der Waals surface area contributed by atoms with Gasteiger partial charge in [0.15, 0.2) is 0 Å². The molecule has 0 radical (unpaired) electrons. The average molecular weight is 324 g/mol. The average Bonchev–Trinajstić information content (AvgIpc) is 2.51. The van der Waals surface area contributed by atoms with E-state index in [0.717, 1.165) is 12.3 Å². The molecule has 0 spiro atoms. The van der Waals surface area contributed by atoms with Gasteiger partial charge in [0.05, 0.1) is 11.8 Å². The third-order valence-corrected chi connectivity index (χ3v) is 4.32. The first-order chi connectivity index (χ1) is 10.8. The van der Waals surface area contributed by atoms with Gasteiger partial charge in [-0.25, -0.2) is 0 Å². The topological polar surface area (TPSA) is 66.2 Å². The molecule has 7 heteroatoms. The number of hydrogen-bond donors (Lipinski definition) is 2. The Balaban J connectivity index is 2.02. The van der Waals surface area contributed by atoms with Gasteiger partial charge in [-0.1, -0.05) is 6.07 Å². The summed E-state index contributed by atoms with van der Waals surface area (Å²) in [5, 5.41) is 20.4. The van der Waals surface area contributed by atoms with Crippen molar-refractivity contribution >= 4 is 0 Å². The predicted octanol–water partition coefficient (Wildman–Crippen LogP) is 2.62. The second-order valence-corrected chi connectivity index (χ2v) is 5.80. The molecule has 1 atom stereocenters. The lowest BCUT2D eigenvalue weighted by molar-refractivity contribution is -0.141. The van der Waals surface area contributed by atoms with Gasteiger partial charge in [-0.2, -0.15) is 13.2 Å². The molecule has 3 rings (SSSR count). The highest BCUT2D eigenvalue weighted by Gasteiger charge is 2.51. The van der Waals surface area contributed by atoms with Crippen LogP contribution in [-0.2, 0) is 11.6 Å². The minimum Gasteiger partial charge on any atom is -0.393 e. The number of nitrogens with zero attached hydrogens (tertiary/aromatic N) is 2. The number of aromatic nitrogens is 2. The summed E-state index contributed by atoms with van der Waals surface area (Å²) in [4.78, 5) is 7.43. The van der Waals surface area contributed by atoms with E-state index in [1.807, 2.05) is 0 Å². The summed E-state index contributed by atoms with van der Waals surface area (Å²) in [7, 11) is 0. The number of rotatable bonds is 3. The van der Waals surface area contributed by atoms with Crippen molar-refractivity contribution in [3.8, 4) is 0 Å². The van der Waals surface area contributed by atoms with Crippen LogP contribution in [0.25, 0.3) is 0 Å². The molecule has 122 valence electrons. The van der Waals surface area contributed by atoms with E-state index >= 15 is 0 Å². The fraction of sp³-hybridized carbons (Fsp3) is 0.375. The second-order valence-electron chi connectivity index (χ2n) is 5.80. The predicted molar refractivity (Wildman–Crippen MR) is 75.4 cm³/mol. The maximum absolute atomic E-state index is 12.9. The molecule has 23 heavy (non-hydrogen) atoms. The molecular weight excluding hydrogens is 309 g/mol. The number of hydrogen-bond acceptors (Lipinski definition) is 4. The zero-order valence-corrected chi connectivity index (χ0v) is 12.0. The second kappa shape index (κ2) is 5.58. The number of halogens is 3. The first-order valence-electron chi connectivity index (χ1n) is 7.14. The van der Waals surface area contributed by atoms with Crippen LogP contribution < -0.4 is 0 Å². The van der Waals surface area contributed by atoms with Crippen LogP contribution in [-0.4, -0.2) is 26.3 Å². The molecule has 4 nitrogen and oxygen atoms in total. The highest BCUT2D eigenvalue weighted by Crippen LogP contribution is 2.52. The minimum absolute atomic E-state index is 0.173. The molecule has 2 heterocycles. The van der Waals surface area contributed by atoms with Gasteiger partial charge >= 0.3 is 6.18 Å². The molecule has 1 fully saturated rings. The summed E-state index contributed by atoms with van der Waals surface area (Å²) in [6.45, 7) is 0. The molecule has 0 aliphatic heterocycles. The molecule has 0 saturated heterocycles. The smallest absolute Gasteiger partial charge is 0.393 e. The summed E-state index contributed by atoms with van der Waals surface area (Å²) in [5.41, 5.74) is -1.33. The zero-order chi connectivity index (χ0) is 16.7. The van der Waals surface area contributed by atoms with Gasteiger partial charge < -0.3 is 10.2 Å². The Morgan fingerprint density at radius 2 is 1.87 bits per heavy atom. The van der Waals surface area contributed by atoms with E-state index in [9.17, 15) is 23.4 Å². The van der Waals surface area contributed by atoms with Crippen LogP contribution in [0.2, 0.25) is 0 Å². The van der Waals surface area contributed by atoms with Crippen LogP contribution in [0.15, 0.2) is 42.7 Å². The third-order valence-electron chi connectivity index (χ3n) is 4.32. The molecular formula is C16H15F3N2O2. The number of pyridine rings is 2. The Morgan fingerprint density at radius 3 is 2.43 bits per heavy atom. The minimum atomic E-state index is -4.56. The van der Waals surface area contributed by atoms with Crippen molar-refractivity contribution < 1.29 is 23.4 Å². The number of alkyl halides is 3. The van der Waals surface area contributed by atoms with Crippen molar-refractivity contribution in [3.05, 3.63) is 59.7 Å². The summed E-state index contributed by atoms with van der Waals surface area (Å²) in [5.74, 6) is 0. The van der Waals surface area contributed by atoms with E-state index in [0.29, 0.717) is 11.3 Å². The Hall–Kier alpha value is -1.99. The van der Waals surface area contributed by atoms with Crippen molar-refractivity contribution in [1.82, 2.24) is 9.97 Å². The standard InChI is InChI=1S/C16H15F3N2O2/c17-16(18,19)13-7-10(4-6-21-13)15(8-11(22)9-15)14(23)12-3-1-2-5-20-12/h1-7,11,14,22-23H,8-9H2/t11?,14-,15?/m1/s1. The first-order valence-corrected chi connectivity index (χ1v) is 7.14. The Labute approximate surface area is 130 Å². The molecule has 2 aromatic heterocycles. The van der Waals surface area contributed by atoms with Crippen LogP contribution in [0.5, 0.6) is 0 Å². The monoisotopic (exact) mass is 324 g/mol. The van der Waals surface area contributed by atoms with E-state index in [4.69, 9.17) is 0 Å². The van der Waals surface area contributed by atoms with E-state index < -0.39 is 29.5 Å². The van der Waals surface area contributed by atoms with Crippen LogP contribution in [0.3, 0.4) is 0 Å². The molecule has 1 aliphatic carbocycles. The van der Waals surface area contributed by atoms with Gasteiger partial charge in [0, 0.05) is 17.8 Å². The Morgan fingerprint density at radius 1 is 1.13 bits per heavy atom. The third kappa shape index (κ3) is 2.82. The van der Waals surface area contributed by atoms with E-state index in [2.05, 4.69) is 9.97 Å². The lowest BCUT2D eigenvalue weighted by atomic mass is 9.59. The summed E-state index contributed by atoms with van der Waals surface area (Å²) >= 11 is 0. The van der Waals surface area contributed by atoms with Crippen molar-refractivity contribution in [2.75, 3.05) is 0 Å². The highest BCUT2D eigenvalue weighted by molar-refractivity contribution is 5.34. The van der Waals surface area contributed by atoms with Gasteiger partial charge in [-0.3, -0.25) is 9.97 Å². The lowest BCUT2D eigenvalue weighted by Crippen LogP contribution is -2.49. The van der Waals surface area contributed by atoms with Crippen molar-refractivity contribution in [1.29, 1.82) is 0 Å². The summed E-state index contributed by atoms with van der Waals surface area (Å²) in [6, 6.07) is 7.39. The summed E-state index contributed by atoms with van der Waals surface area (Å²) < 4.78 is 38.7. The molecule has 1 aliphatic rings. The largest absolute Gasteiger partial charge is 0.433 e. The summed E-state index contributed by atoms with van der Waals surface area (Å²) in [6.07, 6.45) is -3.38. The van der Waals surface area contributed by atoms with Crippen molar-refractivity contribution in [3.63, 3.8) is 0 Å². The van der Waals surface area contributed by atoms with Gasteiger partial charge in [0.25, 0.3) is 0 Å². The van der Waals surface area contributed by atoms with Gasteiger partial charge in [0.2, 0.25) is 0 Å². The van der Waals surface area contributed by atoms with Gasteiger partial charge in [0.1, 0.15) is 11.8 Å². The lowest BCUT2D eigenvalue weighted by Gasteiger charge is -2.48. The number of aliphatic hydroxyl groups is 2. The van der Waals surface area contributed by atoms with E-state index in [1.54, 1.807) is 18.2 Å². The fourth-order valence-corrected chi connectivity index (χ4v) is 3.11. The molecule has 0 bridgehead atoms. The SMILES string of the molecule is OC1CC(c2ccnc(C(F)(F)F)c2)([C@H](O)c2ccccn2)C1. The maximum atomic E-state index is 12.9. The zero-order valence-electron chi connectivity index (χ0n) is 12.0. The normalized spacial score (nSPS) is 25.7. The highest BCUT2D eigenvalue weighted by atomic mass is 19.4. The Kier molecular flexibility index (Phi) is 3.85. The molecule has 0 unspecified atom stereocenters. The van der Waals surface area contributed by atoms with Crippen LogP contribution >= 0.6 is 0 Å². The molecule has 0 amide bonds. The maximum Gasteiger partial charge on any atom is 0.433 e. The molecule has 2 aromatic rings. The number of aliphatic hydroxyl groups excluding tert-OH is 2. The van der Waals surface area contributed by atoms with Crippen molar-refractivity contribution in [2.24, 2.45) is 0 Å². The first kappa shape index (κ1) is 15.9. The van der Waals surface area contributed by atoms with Crippen LogP contribution in [0.4, 0.5) is 13.2 Å². The van der Waals surface area contributed by atoms with E-state index in [-0.39, 0.29) is 12.8 Å². The van der Waals surface area contributed by atoms with Gasteiger partial charge in [-0.05, 0) is 42.7 Å². The van der Waals surface area contributed by atoms with Gasteiger partial charge in [-0.15, -0.1) is 0 Å². The quantitative estimate of drug-likeness (QED) is 0.911. The van der Waals surface area contributed by atoms with E-state index in [1.165, 1.54) is 12.3 Å². The van der Waals surface area contributed by atoms with Crippen LogP contribution in [0, 0.1) is 0 Å². The molecule has 2 N–H and O–H groups in total. The Bertz CT molecular complexity index is 685.